The van der Waals surface area contributed by atoms with E-state index in [-0.39, 0.29) is 12.5 Å². The van der Waals surface area contributed by atoms with Crippen LogP contribution in [0.15, 0.2) is 54.9 Å². The Morgan fingerprint density at radius 3 is 2.88 bits per heavy atom. The first-order valence-electron chi connectivity index (χ1n) is 10.5. The monoisotopic (exact) mass is 442 g/mol. The summed E-state index contributed by atoms with van der Waals surface area (Å²) < 4.78 is 6.87. The third-order valence-electron chi connectivity index (χ3n) is 5.56. The smallest absolute Gasteiger partial charge is 0.254 e. The van der Waals surface area contributed by atoms with Gasteiger partial charge < -0.3 is 9.64 Å². The van der Waals surface area contributed by atoms with Crippen molar-refractivity contribution in [2.45, 2.75) is 20.4 Å². The standard InChI is InChI=1S/C25H23N5O3/c1-4-33-23-11-19(8-9-21(23)18-7-5-6-17(10-18)12-26)25(31)29(3)14-20-15-30(32)16(2)22-13-27-28-24(20)22/h5-11,13,15,32H,4,14H2,1-3H3/p+1. The number of fused-ring (bicyclic) bond motifs is 1. The van der Waals surface area contributed by atoms with Crippen molar-refractivity contribution < 1.29 is 19.5 Å². The molecule has 0 saturated carbocycles. The first kappa shape index (κ1) is 21.8. The van der Waals surface area contributed by atoms with E-state index in [1.807, 2.05) is 25.1 Å². The summed E-state index contributed by atoms with van der Waals surface area (Å²) in [6.45, 7) is 4.39. The van der Waals surface area contributed by atoms with Crippen molar-refractivity contribution in [3.63, 3.8) is 0 Å². The summed E-state index contributed by atoms with van der Waals surface area (Å²) in [5.74, 6) is 0.386. The zero-order valence-electron chi connectivity index (χ0n) is 18.7. The lowest BCUT2D eigenvalue weighted by atomic mass is 10.0. The van der Waals surface area contributed by atoms with E-state index in [2.05, 4.69) is 16.3 Å². The predicted octanol–water partition coefficient (Wildman–Crippen LogP) is 3.61. The molecule has 0 unspecified atom stereocenters. The Balaban J connectivity index is 1.64. The van der Waals surface area contributed by atoms with Crippen LogP contribution in [-0.2, 0) is 6.54 Å². The molecule has 0 aliphatic carbocycles. The molecule has 0 saturated heterocycles. The van der Waals surface area contributed by atoms with Gasteiger partial charge in [-0.2, -0.15) is 10.4 Å². The minimum absolute atomic E-state index is 0.189. The van der Waals surface area contributed by atoms with Gasteiger partial charge in [-0.15, -0.1) is 0 Å². The quantitative estimate of drug-likeness (QED) is 0.351. The number of nitrogens with zero attached hydrogens (tertiary/aromatic N) is 4. The number of hydrogen-bond acceptors (Lipinski definition) is 5. The number of aromatic amines is 1. The first-order chi connectivity index (χ1) is 15.9. The second kappa shape index (κ2) is 9.01. The summed E-state index contributed by atoms with van der Waals surface area (Å²) in [7, 11) is 1.71. The molecule has 0 spiro atoms. The molecule has 2 aromatic heterocycles. The van der Waals surface area contributed by atoms with Gasteiger partial charge in [0.05, 0.1) is 47.4 Å². The van der Waals surface area contributed by atoms with Crippen molar-refractivity contribution >= 4 is 16.8 Å². The van der Waals surface area contributed by atoms with Crippen LogP contribution in [0.25, 0.3) is 22.0 Å². The number of aromatic nitrogens is 3. The number of aryl methyl sites for hydroxylation is 1. The molecule has 166 valence electrons. The summed E-state index contributed by atoms with van der Waals surface area (Å²) >= 11 is 0. The average molecular weight is 442 g/mol. The number of pyridine rings is 1. The second-order valence-corrected chi connectivity index (χ2v) is 7.74. The Labute approximate surface area is 191 Å². The maximum atomic E-state index is 13.2. The van der Waals surface area contributed by atoms with Crippen molar-refractivity contribution in [3.05, 3.63) is 77.2 Å². The Morgan fingerprint density at radius 2 is 2.12 bits per heavy atom. The molecule has 33 heavy (non-hydrogen) atoms. The van der Waals surface area contributed by atoms with E-state index in [9.17, 15) is 15.3 Å². The van der Waals surface area contributed by atoms with Crippen LogP contribution in [0, 0.1) is 18.3 Å². The first-order valence-corrected chi connectivity index (χ1v) is 10.5. The van der Waals surface area contributed by atoms with E-state index in [0.717, 1.165) is 32.3 Å². The fourth-order valence-electron chi connectivity index (χ4n) is 3.83. The van der Waals surface area contributed by atoms with E-state index in [1.54, 1.807) is 55.5 Å². The van der Waals surface area contributed by atoms with Crippen LogP contribution in [0.4, 0.5) is 0 Å². The van der Waals surface area contributed by atoms with Gasteiger partial charge in [-0.3, -0.25) is 15.1 Å². The Kier molecular flexibility index (Phi) is 5.96. The number of carbonyl (C=O) groups is 1. The Bertz CT molecular complexity index is 1390. The molecule has 4 rings (SSSR count). The van der Waals surface area contributed by atoms with Gasteiger partial charge in [0.1, 0.15) is 5.75 Å². The molecule has 2 heterocycles. The summed E-state index contributed by atoms with van der Waals surface area (Å²) in [5, 5.41) is 27.2. The fraction of sp³-hybridized carbons (Fsp3) is 0.200. The van der Waals surface area contributed by atoms with Gasteiger partial charge in [-0.05, 0) is 42.8 Å². The van der Waals surface area contributed by atoms with Crippen molar-refractivity contribution in [2.75, 3.05) is 13.7 Å². The van der Waals surface area contributed by atoms with E-state index >= 15 is 0 Å². The van der Waals surface area contributed by atoms with Crippen LogP contribution in [-0.4, -0.2) is 39.9 Å². The van der Waals surface area contributed by atoms with Crippen LogP contribution < -0.4 is 9.47 Å². The third-order valence-corrected chi connectivity index (χ3v) is 5.56. The largest absolute Gasteiger partial charge is 0.493 e. The zero-order valence-corrected chi connectivity index (χ0v) is 18.7. The van der Waals surface area contributed by atoms with Gasteiger partial charge in [0.2, 0.25) is 11.9 Å². The van der Waals surface area contributed by atoms with Crippen LogP contribution in [0.5, 0.6) is 5.75 Å². The molecule has 0 atom stereocenters. The number of nitriles is 1. The van der Waals surface area contributed by atoms with Crippen molar-refractivity contribution in [1.29, 1.82) is 5.26 Å². The highest BCUT2D eigenvalue weighted by Crippen LogP contribution is 2.32. The van der Waals surface area contributed by atoms with E-state index < -0.39 is 0 Å². The topological polar surface area (TPSA) is 106 Å². The number of nitrogens with one attached hydrogen (secondary N) is 1. The molecule has 4 aromatic rings. The van der Waals surface area contributed by atoms with Gasteiger partial charge >= 0.3 is 0 Å². The highest BCUT2D eigenvalue weighted by atomic mass is 16.5. The number of hydrogen-bond donors (Lipinski definition) is 2. The lowest BCUT2D eigenvalue weighted by Gasteiger charge is -2.18. The second-order valence-electron chi connectivity index (χ2n) is 7.74. The maximum Gasteiger partial charge on any atom is 0.254 e. The van der Waals surface area contributed by atoms with E-state index in [0.29, 0.717) is 29.2 Å². The summed E-state index contributed by atoms with van der Waals surface area (Å²) in [6, 6.07) is 14.7. The molecular formula is C25H24N5O3+. The van der Waals surface area contributed by atoms with Gasteiger partial charge in [0.15, 0.2) is 0 Å². The van der Waals surface area contributed by atoms with Crippen LogP contribution in [0.1, 0.15) is 34.1 Å². The number of H-pyrrole nitrogens is 1. The Hall–Kier alpha value is -4.38. The van der Waals surface area contributed by atoms with Gasteiger partial charge in [-0.1, -0.05) is 12.1 Å². The average Bonchev–Trinajstić information content (AvgIpc) is 3.32. The number of rotatable bonds is 6. The molecule has 0 fully saturated rings. The number of amides is 1. The predicted molar refractivity (Wildman–Crippen MR) is 122 cm³/mol. The molecule has 8 nitrogen and oxygen atoms in total. The zero-order chi connectivity index (χ0) is 23.5. The summed E-state index contributed by atoms with van der Waals surface area (Å²) in [5.41, 5.74) is 4.87. The molecule has 0 radical (unpaired) electrons. The van der Waals surface area contributed by atoms with Gasteiger partial charge in [-0.25, -0.2) is 0 Å². The molecule has 0 aliphatic rings. The molecule has 2 aromatic carbocycles. The number of benzene rings is 2. The lowest BCUT2D eigenvalue weighted by Crippen LogP contribution is -2.35. The van der Waals surface area contributed by atoms with E-state index in [1.165, 1.54) is 0 Å². The number of carbonyl (C=O) groups excluding carboxylic acids is 1. The Morgan fingerprint density at radius 1 is 1.30 bits per heavy atom. The van der Waals surface area contributed by atoms with Crippen LogP contribution in [0.2, 0.25) is 0 Å². The summed E-state index contributed by atoms with van der Waals surface area (Å²) in [6.07, 6.45) is 3.23. The molecule has 1 amide bonds. The van der Waals surface area contributed by atoms with E-state index in [4.69, 9.17) is 4.74 Å². The highest BCUT2D eigenvalue weighted by Gasteiger charge is 2.21. The third kappa shape index (κ3) is 4.21. The lowest BCUT2D eigenvalue weighted by molar-refractivity contribution is -0.908. The molecule has 2 N–H and O–H groups in total. The van der Waals surface area contributed by atoms with Crippen LogP contribution >= 0.6 is 0 Å². The van der Waals surface area contributed by atoms with Gasteiger partial charge in [0, 0.05) is 29.8 Å². The molecule has 8 heteroatoms. The normalized spacial score (nSPS) is 10.7. The molecule has 0 aliphatic heterocycles. The minimum atomic E-state index is -0.189. The summed E-state index contributed by atoms with van der Waals surface area (Å²) in [4.78, 5) is 14.8. The number of ether oxygens (including phenoxy) is 1. The van der Waals surface area contributed by atoms with Crippen molar-refractivity contribution in [3.8, 4) is 22.9 Å². The highest BCUT2D eigenvalue weighted by molar-refractivity contribution is 5.95. The molecular weight excluding hydrogens is 418 g/mol. The van der Waals surface area contributed by atoms with Crippen LogP contribution in [0.3, 0.4) is 0 Å². The van der Waals surface area contributed by atoms with Gasteiger partial charge in [0.25, 0.3) is 5.91 Å². The van der Waals surface area contributed by atoms with Crippen molar-refractivity contribution in [1.82, 2.24) is 15.1 Å². The fourth-order valence-corrected chi connectivity index (χ4v) is 3.83. The maximum absolute atomic E-state index is 13.2. The minimum Gasteiger partial charge on any atom is -0.493 e. The van der Waals surface area contributed by atoms with Crippen molar-refractivity contribution in [2.24, 2.45) is 0 Å². The molecule has 0 bridgehead atoms. The SMILES string of the molecule is CCOc1cc(C(=O)N(C)Cc2c[n+](O)c(C)c3cn[nH]c23)ccc1-c1cccc(C#N)c1.